The number of benzene rings is 2. The molecule has 7 heteroatoms. The molecule has 2 aromatic carbocycles. The summed E-state index contributed by atoms with van der Waals surface area (Å²) >= 11 is 0. The Hall–Kier alpha value is -2.87. The average Bonchev–Trinajstić information content (AvgIpc) is 3.33. The summed E-state index contributed by atoms with van der Waals surface area (Å²) in [6, 6.07) is 16.0. The fraction of sp³-hybridized carbons (Fsp3) is 0.483. The number of aliphatic hydroxyl groups is 2. The van der Waals surface area contributed by atoms with E-state index in [1.165, 1.54) is 16.5 Å². The Kier molecular flexibility index (Phi) is 7.60. The summed E-state index contributed by atoms with van der Waals surface area (Å²) in [6.07, 6.45) is 3.21. The minimum Gasteiger partial charge on any atom is -0.445 e. The maximum Gasteiger partial charge on any atom is 0.410 e. The molecule has 5 rings (SSSR count). The van der Waals surface area contributed by atoms with Crippen molar-refractivity contribution < 1.29 is 19.7 Å². The predicted octanol–water partition coefficient (Wildman–Crippen LogP) is 4.04. The molecule has 1 amide bonds. The number of nitrogens with one attached hydrogen (secondary N) is 1. The van der Waals surface area contributed by atoms with Gasteiger partial charge < -0.3 is 24.8 Å². The standard InChI is InChI=1S/C29H37N3O4/c1-20-6-5-9-24-25(16-30-28(20)24)23-12-13-31(18-27(23)34)17-26(33)22-10-14-32(15-11-22)29(35)36-19-21-7-3-2-4-8-21/h2-9,16,22-23,26-27,30,33-34H,10-15,17-19H2,1H3/t23?,26-,27?/m1/s1. The number of H-pyrrole nitrogens is 1. The summed E-state index contributed by atoms with van der Waals surface area (Å²) in [5, 5.41) is 23.1. The van der Waals surface area contributed by atoms with Crippen molar-refractivity contribution in [2.45, 2.75) is 50.9 Å². The van der Waals surface area contributed by atoms with E-state index in [2.05, 4.69) is 41.2 Å². The van der Waals surface area contributed by atoms with Crippen LogP contribution in [0.5, 0.6) is 0 Å². The number of aromatic nitrogens is 1. The second-order valence-corrected chi connectivity index (χ2v) is 10.4. The molecule has 3 aromatic rings. The van der Waals surface area contributed by atoms with E-state index in [-0.39, 0.29) is 24.5 Å². The van der Waals surface area contributed by atoms with Gasteiger partial charge in [0, 0.05) is 49.2 Å². The molecule has 2 unspecified atom stereocenters. The molecule has 0 aliphatic carbocycles. The minimum atomic E-state index is -0.466. The highest BCUT2D eigenvalue weighted by Crippen LogP contribution is 2.34. The first kappa shape index (κ1) is 24.8. The molecule has 0 bridgehead atoms. The van der Waals surface area contributed by atoms with E-state index in [4.69, 9.17) is 4.74 Å². The molecule has 2 saturated heterocycles. The number of likely N-dealkylation sites (tertiary alicyclic amines) is 2. The van der Waals surface area contributed by atoms with Gasteiger partial charge in [-0.25, -0.2) is 4.79 Å². The van der Waals surface area contributed by atoms with Gasteiger partial charge in [0.1, 0.15) is 6.61 Å². The molecule has 2 aliphatic rings. The van der Waals surface area contributed by atoms with Gasteiger partial charge in [-0.3, -0.25) is 4.90 Å². The second-order valence-electron chi connectivity index (χ2n) is 10.4. The Labute approximate surface area is 212 Å². The third-order valence-corrected chi connectivity index (χ3v) is 8.01. The molecule has 0 radical (unpaired) electrons. The molecule has 3 atom stereocenters. The van der Waals surface area contributed by atoms with E-state index >= 15 is 0 Å². The van der Waals surface area contributed by atoms with Crippen LogP contribution >= 0.6 is 0 Å². The molecule has 1 aromatic heterocycles. The monoisotopic (exact) mass is 491 g/mol. The average molecular weight is 492 g/mol. The van der Waals surface area contributed by atoms with E-state index in [0.717, 1.165) is 36.9 Å². The number of nitrogens with zero attached hydrogens (tertiary/aromatic N) is 2. The third kappa shape index (κ3) is 5.43. The van der Waals surface area contributed by atoms with Crippen molar-refractivity contribution in [2.24, 2.45) is 5.92 Å². The lowest BCUT2D eigenvalue weighted by atomic mass is 9.85. The van der Waals surface area contributed by atoms with E-state index in [0.29, 0.717) is 26.2 Å². The predicted molar refractivity (Wildman–Crippen MR) is 140 cm³/mol. The molecule has 7 nitrogen and oxygen atoms in total. The zero-order chi connectivity index (χ0) is 25.1. The van der Waals surface area contributed by atoms with Gasteiger partial charge in [0.05, 0.1) is 12.2 Å². The van der Waals surface area contributed by atoms with Crippen LogP contribution in [-0.4, -0.2) is 76.0 Å². The molecule has 3 N–H and O–H groups in total. The smallest absolute Gasteiger partial charge is 0.410 e. The Morgan fingerprint density at radius 1 is 1.08 bits per heavy atom. The highest BCUT2D eigenvalue weighted by atomic mass is 16.6. The van der Waals surface area contributed by atoms with E-state index < -0.39 is 12.2 Å². The topological polar surface area (TPSA) is 89.0 Å². The number of aliphatic hydroxyl groups excluding tert-OH is 2. The van der Waals surface area contributed by atoms with Gasteiger partial charge in [-0.15, -0.1) is 0 Å². The molecule has 0 spiro atoms. The van der Waals surface area contributed by atoms with Crippen LogP contribution in [0.25, 0.3) is 10.9 Å². The van der Waals surface area contributed by atoms with Crippen LogP contribution in [0.2, 0.25) is 0 Å². The van der Waals surface area contributed by atoms with Crippen molar-refractivity contribution in [3.05, 3.63) is 71.4 Å². The van der Waals surface area contributed by atoms with E-state index in [9.17, 15) is 15.0 Å². The lowest BCUT2D eigenvalue weighted by Crippen LogP contribution is -2.48. The fourth-order valence-electron chi connectivity index (χ4n) is 5.85. The number of fused-ring (bicyclic) bond motifs is 1. The zero-order valence-corrected chi connectivity index (χ0v) is 21.0. The number of amides is 1. The summed E-state index contributed by atoms with van der Waals surface area (Å²) in [7, 11) is 0. The first-order chi connectivity index (χ1) is 17.5. The highest BCUT2D eigenvalue weighted by Gasteiger charge is 2.34. The normalized spacial score (nSPS) is 22.6. The van der Waals surface area contributed by atoms with Gasteiger partial charge in [-0.2, -0.15) is 0 Å². The van der Waals surface area contributed by atoms with Gasteiger partial charge in [-0.05, 0) is 55.3 Å². The van der Waals surface area contributed by atoms with Crippen molar-refractivity contribution >= 4 is 17.0 Å². The maximum absolute atomic E-state index is 12.4. The van der Waals surface area contributed by atoms with Crippen LogP contribution in [0.4, 0.5) is 4.79 Å². The Morgan fingerprint density at radius 3 is 2.61 bits per heavy atom. The van der Waals surface area contributed by atoms with Crippen molar-refractivity contribution in [3.63, 3.8) is 0 Å². The summed E-state index contributed by atoms with van der Waals surface area (Å²) in [4.78, 5) is 19.7. The molecular formula is C29H37N3O4. The van der Waals surface area contributed by atoms with Crippen molar-refractivity contribution in [2.75, 3.05) is 32.7 Å². The van der Waals surface area contributed by atoms with Crippen LogP contribution in [0.1, 0.15) is 41.9 Å². The quantitative estimate of drug-likeness (QED) is 0.484. The number of ether oxygens (including phenoxy) is 1. The molecule has 36 heavy (non-hydrogen) atoms. The number of β-amino-alcohol motifs (C(OH)–C–C–N with tert-alkyl or cyclic N) is 2. The Bertz CT molecular complexity index is 1160. The Balaban J connectivity index is 1.08. The second kappa shape index (κ2) is 11.0. The number of piperidine rings is 2. The van der Waals surface area contributed by atoms with Crippen molar-refractivity contribution in [1.82, 2.24) is 14.8 Å². The molecule has 2 aliphatic heterocycles. The van der Waals surface area contributed by atoms with Crippen LogP contribution in [0.3, 0.4) is 0 Å². The molecule has 2 fully saturated rings. The molecule has 3 heterocycles. The number of hydrogen-bond acceptors (Lipinski definition) is 5. The van der Waals surface area contributed by atoms with Gasteiger partial charge >= 0.3 is 6.09 Å². The minimum absolute atomic E-state index is 0.0964. The van der Waals surface area contributed by atoms with Crippen LogP contribution < -0.4 is 0 Å². The molecule has 0 saturated carbocycles. The van der Waals surface area contributed by atoms with E-state index in [1.54, 1.807) is 4.90 Å². The van der Waals surface area contributed by atoms with Crippen molar-refractivity contribution in [3.8, 4) is 0 Å². The number of carbonyl (C=O) groups excluding carboxylic acids is 1. The van der Waals surface area contributed by atoms with Gasteiger partial charge in [0.15, 0.2) is 0 Å². The highest BCUT2D eigenvalue weighted by molar-refractivity contribution is 5.86. The van der Waals surface area contributed by atoms with E-state index in [1.807, 2.05) is 30.3 Å². The maximum atomic E-state index is 12.4. The number of para-hydroxylation sites is 1. The third-order valence-electron chi connectivity index (χ3n) is 8.01. The number of hydrogen-bond donors (Lipinski definition) is 3. The summed E-state index contributed by atoms with van der Waals surface area (Å²) < 4.78 is 5.46. The Morgan fingerprint density at radius 2 is 1.86 bits per heavy atom. The van der Waals surface area contributed by atoms with Crippen LogP contribution in [0, 0.1) is 12.8 Å². The summed E-state index contributed by atoms with van der Waals surface area (Å²) in [6.45, 7) is 5.53. The lowest BCUT2D eigenvalue weighted by Gasteiger charge is -2.39. The first-order valence-corrected chi connectivity index (χ1v) is 13.1. The lowest BCUT2D eigenvalue weighted by molar-refractivity contribution is -0.00345. The van der Waals surface area contributed by atoms with Crippen LogP contribution in [-0.2, 0) is 11.3 Å². The largest absolute Gasteiger partial charge is 0.445 e. The fourth-order valence-corrected chi connectivity index (χ4v) is 5.85. The van der Waals surface area contributed by atoms with Crippen molar-refractivity contribution in [1.29, 1.82) is 0 Å². The molecular weight excluding hydrogens is 454 g/mol. The summed E-state index contributed by atoms with van der Waals surface area (Å²) in [5.41, 5.74) is 4.52. The first-order valence-electron chi connectivity index (χ1n) is 13.1. The van der Waals surface area contributed by atoms with Gasteiger partial charge in [-0.1, -0.05) is 48.5 Å². The number of rotatable bonds is 6. The number of carbonyl (C=O) groups is 1. The number of aromatic amines is 1. The SMILES string of the molecule is Cc1cccc2c(C3CCN(C[C@@H](O)C4CCN(C(=O)OCc5ccccc5)CC4)CC3O)c[nH]c12. The molecule has 192 valence electrons. The van der Waals surface area contributed by atoms with Crippen LogP contribution in [0.15, 0.2) is 54.7 Å². The van der Waals surface area contributed by atoms with Gasteiger partial charge in [0.2, 0.25) is 0 Å². The number of aryl methyl sites for hydroxylation is 1. The van der Waals surface area contributed by atoms with Gasteiger partial charge in [0.25, 0.3) is 0 Å². The summed E-state index contributed by atoms with van der Waals surface area (Å²) in [5.74, 6) is 0.244. The zero-order valence-electron chi connectivity index (χ0n) is 21.0.